The van der Waals surface area contributed by atoms with Crippen LogP contribution in [-0.2, 0) is 4.79 Å². The second-order valence-corrected chi connectivity index (χ2v) is 5.53. The van der Waals surface area contributed by atoms with Crippen molar-refractivity contribution in [2.24, 2.45) is 5.73 Å². The van der Waals surface area contributed by atoms with Crippen molar-refractivity contribution in [3.63, 3.8) is 0 Å². The van der Waals surface area contributed by atoms with Gasteiger partial charge in [0.2, 0.25) is 5.91 Å². The van der Waals surface area contributed by atoms with Gasteiger partial charge in [-0.1, -0.05) is 0 Å². The number of amides is 2. The first-order valence-electron chi connectivity index (χ1n) is 6.33. The van der Waals surface area contributed by atoms with Crippen LogP contribution >= 0.6 is 0 Å². The summed E-state index contributed by atoms with van der Waals surface area (Å²) in [4.78, 5) is 22.7. The first kappa shape index (κ1) is 16.1. The van der Waals surface area contributed by atoms with Gasteiger partial charge in [-0.25, -0.2) is 4.39 Å². The number of nitrogens with one attached hydrogen (secondary N) is 2. The second kappa shape index (κ2) is 6.47. The molecule has 2 amide bonds. The lowest BCUT2D eigenvalue weighted by atomic mass is 10.1. The molecule has 0 heterocycles. The Kier molecular flexibility index (Phi) is 5.21. The highest BCUT2D eigenvalue weighted by Gasteiger charge is 2.12. The minimum Gasteiger partial charge on any atom is -0.366 e. The third kappa shape index (κ3) is 5.36. The van der Waals surface area contributed by atoms with Gasteiger partial charge in [0.15, 0.2) is 0 Å². The standard InChI is InChI=1S/C14H20FN3O2/c1-14(2,3)17-7-6-12(19)18-9-4-5-11(15)10(8-9)13(16)20/h4-5,8,17H,6-7H2,1-3H3,(H2,16,20)(H,18,19). The van der Waals surface area contributed by atoms with Gasteiger partial charge < -0.3 is 16.4 Å². The number of hydrogen-bond donors (Lipinski definition) is 3. The number of benzene rings is 1. The average molecular weight is 281 g/mol. The van der Waals surface area contributed by atoms with Crippen molar-refractivity contribution in [3.8, 4) is 0 Å². The van der Waals surface area contributed by atoms with Crippen molar-refractivity contribution in [1.29, 1.82) is 0 Å². The van der Waals surface area contributed by atoms with E-state index < -0.39 is 11.7 Å². The molecule has 0 aliphatic heterocycles. The number of carbonyl (C=O) groups is 2. The van der Waals surface area contributed by atoms with Crippen molar-refractivity contribution in [1.82, 2.24) is 5.32 Å². The first-order chi connectivity index (χ1) is 9.19. The minimum absolute atomic E-state index is 0.0602. The summed E-state index contributed by atoms with van der Waals surface area (Å²) in [5, 5.41) is 5.78. The third-order valence-corrected chi connectivity index (χ3v) is 2.52. The molecular weight excluding hydrogens is 261 g/mol. The van der Waals surface area contributed by atoms with Gasteiger partial charge in [-0.2, -0.15) is 0 Å². The Morgan fingerprint density at radius 3 is 2.50 bits per heavy atom. The van der Waals surface area contributed by atoms with Crippen LogP contribution in [0, 0.1) is 5.82 Å². The van der Waals surface area contributed by atoms with Gasteiger partial charge in [0.25, 0.3) is 5.91 Å². The lowest BCUT2D eigenvalue weighted by Crippen LogP contribution is -2.37. The SMILES string of the molecule is CC(C)(C)NCCC(=O)Nc1ccc(F)c(C(N)=O)c1. The topological polar surface area (TPSA) is 84.2 Å². The highest BCUT2D eigenvalue weighted by atomic mass is 19.1. The van der Waals surface area contributed by atoms with Gasteiger partial charge in [-0.05, 0) is 39.0 Å². The summed E-state index contributed by atoms with van der Waals surface area (Å²) in [6.45, 7) is 6.54. The molecule has 0 fully saturated rings. The molecule has 6 heteroatoms. The van der Waals surface area contributed by atoms with Gasteiger partial charge in [0.1, 0.15) is 5.82 Å². The fraction of sp³-hybridized carbons (Fsp3) is 0.429. The lowest BCUT2D eigenvalue weighted by molar-refractivity contribution is -0.116. The Morgan fingerprint density at radius 2 is 1.95 bits per heavy atom. The predicted molar refractivity (Wildman–Crippen MR) is 75.9 cm³/mol. The van der Waals surface area contributed by atoms with E-state index in [0.717, 1.165) is 6.07 Å². The molecule has 1 aromatic carbocycles. The third-order valence-electron chi connectivity index (χ3n) is 2.52. The molecule has 0 aliphatic rings. The number of halogens is 1. The molecule has 4 N–H and O–H groups in total. The van der Waals surface area contributed by atoms with E-state index in [1.807, 2.05) is 20.8 Å². The molecule has 5 nitrogen and oxygen atoms in total. The fourth-order valence-corrected chi connectivity index (χ4v) is 1.57. The van der Waals surface area contributed by atoms with Gasteiger partial charge in [-0.3, -0.25) is 9.59 Å². The van der Waals surface area contributed by atoms with Crippen molar-refractivity contribution >= 4 is 17.5 Å². The van der Waals surface area contributed by atoms with E-state index in [4.69, 9.17) is 5.73 Å². The van der Waals surface area contributed by atoms with Crippen molar-refractivity contribution in [2.45, 2.75) is 32.7 Å². The van der Waals surface area contributed by atoms with Gasteiger partial charge in [0, 0.05) is 24.2 Å². The lowest BCUT2D eigenvalue weighted by Gasteiger charge is -2.20. The van der Waals surface area contributed by atoms with Crippen LogP contribution in [0.15, 0.2) is 18.2 Å². The predicted octanol–water partition coefficient (Wildman–Crippen LogP) is 1.64. The Morgan fingerprint density at radius 1 is 1.30 bits per heavy atom. The first-order valence-corrected chi connectivity index (χ1v) is 6.33. The van der Waals surface area contributed by atoms with Gasteiger partial charge >= 0.3 is 0 Å². The molecule has 1 aromatic rings. The van der Waals surface area contributed by atoms with E-state index in [-0.39, 0.29) is 23.4 Å². The van der Waals surface area contributed by atoms with Crippen LogP contribution in [0.25, 0.3) is 0 Å². The van der Waals surface area contributed by atoms with Crippen molar-refractivity contribution < 1.29 is 14.0 Å². The molecule has 0 aliphatic carbocycles. The van der Waals surface area contributed by atoms with Crippen LogP contribution in [0.3, 0.4) is 0 Å². The van der Waals surface area contributed by atoms with Crippen LogP contribution in [0.4, 0.5) is 10.1 Å². The number of hydrogen-bond acceptors (Lipinski definition) is 3. The van der Waals surface area contributed by atoms with Crippen molar-refractivity contribution in [3.05, 3.63) is 29.6 Å². The highest BCUT2D eigenvalue weighted by Crippen LogP contribution is 2.14. The molecule has 0 atom stereocenters. The zero-order valence-electron chi connectivity index (χ0n) is 11.9. The number of rotatable bonds is 5. The minimum atomic E-state index is -0.868. The molecule has 0 bridgehead atoms. The number of anilines is 1. The molecule has 1 rings (SSSR count). The number of carbonyl (C=O) groups excluding carboxylic acids is 2. The maximum absolute atomic E-state index is 13.3. The molecule has 0 saturated carbocycles. The molecule has 0 spiro atoms. The van der Waals surface area contributed by atoms with Crippen LogP contribution in [0.1, 0.15) is 37.6 Å². The van der Waals surface area contributed by atoms with Gasteiger partial charge in [0.05, 0.1) is 5.56 Å². The summed E-state index contributed by atoms with van der Waals surface area (Å²) in [5.41, 5.74) is 5.09. The van der Waals surface area contributed by atoms with Crippen LogP contribution in [0.2, 0.25) is 0 Å². The van der Waals surface area contributed by atoms with E-state index in [1.165, 1.54) is 12.1 Å². The molecule has 0 radical (unpaired) electrons. The summed E-state index contributed by atoms with van der Waals surface area (Å²) in [6, 6.07) is 3.72. The monoisotopic (exact) mass is 281 g/mol. The molecule has 0 aromatic heterocycles. The summed E-state index contributed by atoms with van der Waals surface area (Å²) in [6.07, 6.45) is 0.278. The summed E-state index contributed by atoms with van der Waals surface area (Å²) in [5.74, 6) is -1.79. The molecule has 0 unspecified atom stereocenters. The zero-order chi connectivity index (χ0) is 15.3. The fourth-order valence-electron chi connectivity index (χ4n) is 1.57. The van der Waals surface area contributed by atoms with E-state index >= 15 is 0 Å². The Balaban J connectivity index is 2.58. The van der Waals surface area contributed by atoms with Crippen LogP contribution < -0.4 is 16.4 Å². The molecular formula is C14H20FN3O2. The van der Waals surface area contributed by atoms with E-state index in [0.29, 0.717) is 12.2 Å². The quantitative estimate of drug-likeness (QED) is 0.767. The maximum atomic E-state index is 13.3. The maximum Gasteiger partial charge on any atom is 0.251 e. The number of primary amides is 1. The van der Waals surface area contributed by atoms with Crippen LogP contribution in [-0.4, -0.2) is 23.9 Å². The Bertz CT molecular complexity index is 510. The average Bonchev–Trinajstić information content (AvgIpc) is 2.29. The number of nitrogens with two attached hydrogens (primary N) is 1. The van der Waals surface area contributed by atoms with E-state index in [9.17, 15) is 14.0 Å². The molecule has 110 valence electrons. The van der Waals surface area contributed by atoms with E-state index in [1.54, 1.807) is 0 Å². The zero-order valence-corrected chi connectivity index (χ0v) is 11.9. The van der Waals surface area contributed by atoms with Crippen molar-refractivity contribution in [2.75, 3.05) is 11.9 Å². The Hall–Kier alpha value is -1.95. The van der Waals surface area contributed by atoms with E-state index in [2.05, 4.69) is 10.6 Å². The highest BCUT2D eigenvalue weighted by molar-refractivity contribution is 5.96. The van der Waals surface area contributed by atoms with Crippen LogP contribution in [0.5, 0.6) is 0 Å². The smallest absolute Gasteiger partial charge is 0.251 e. The summed E-state index contributed by atoms with van der Waals surface area (Å²) < 4.78 is 13.3. The summed E-state index contributed by atoms with van der Waals surface area (Å²) in [7, 11) is 0. The normalized spacial score (nSPS) is 11.2. The second-order valence-electron chi connectivity index (χ2n) is 5.53. The Labute approximate surface area is 117 Å². The summed E-state index contributed by atoms with van der Waals surface area (Å²) >= 11 is 0. The molecule has 0 saturated heterocycles. The molecule has 20 heavy (non-hydrogen) atoms. The largest absolute Gasteiger partial charge is 0.366 e. The van der Waals surface area contributed by atoms with Gasteiger partial charge in [-0.15, -0.1) is 0 Å².